The molecule has 0 spiro atoms. The normalized spacial score (nSPS) is 8.52. The molecule has 1 heteroatoms. The number of hydrogen-bond acceptors (Lipinski definition) is 1. The van der Waals surface area contributed by atoms with Gasteiger partial charge in [-0.25, -0.2) is 0 Å². The summed E-state index contributed by atoms with van der Waals surface area (Å²) in [5.41, 5.74) is 6.60. The van der Waals surface area contributed by atoms with Crippen molar-refractivity contribution in [3.63, 3.8) is 0 Å². The van der Waals surface area contributed by atoms with Gasteiger partial charge in [0.15, 0.2) is 0 Å². The second-order valence-electron chi connectivity index (χ2n) is 7.61. The number of thiophene rings is 1. The van der Waals surface area contributed by atoms with E-state index in [1.54, 1.807) is 0 Å². The lowest BCUT2D eigenvalue weighted by atomic mass is 10.1. The maximum Gasteiger partial charge on any atom is 0.00170 e. The number of rotatable bonds is 1. The van der Waals surface area contributed by atoms with Crippen molar-refractivity contribution in [1.82, 2.24) is 0 Å². The fraction of sp³-hybridized carbons (Fsp3) is 0.375. The van der Waals surface area contributed by atoms with Crippen LogP contribution in [0.1, 0.15) is 82.0 Å². The molecule has 0 unspecified atom stereocenters. The van der Waals surface area contributed by atoms with Gasteiger partial charge in [-0.3, -0.25) is 0 Å². The molecule has 0 atom stereocenters. The van der Waals surface area contributed by atoms with E-state index in [1.165, 1.54) is 37.6 Å². The van der Waals surface area contributed by atoms with Crippen molar-refractivity contribution < 1.29 is 0 Å². The number of allylic oxidation sites excluding steroid dienone is 3. The SMILES string of the molecule is C.C.C.CC(C)=Cc1ccc(C)cc1.CC=CC.Cc1ccc(C)cc1.Cc1ccc(C)s1. The quantitative estimate of drug-likeness (QED) is 0.311. The van der Waals surface area contributed by atoms with Crippen LogP contribution >= 0.6 is 11.3 Å². The molecule has 3 aromatic rings. The third-order valence-corrected chi connectivity index (χ3v) is 4.88. The summed E-state index contributed by atoms with van der Waals surface area (Å²) in [7, 11) is 0. The highest BCUT2D eigenvalue weighted by Crippen LogP contribution is 2.12. The number of aryl methyl sites for hydroxylation is 5. The Kier molecular flexibility index (Phi) is 26.2. The standard InChI is InChI=1S/C11H14.C8H10.C6H8S.C4H8.3CH4/c1-9(2)8-11-6-4-10(3)5-7-11;1-7-3-5-8(2)6-4-7;1-5-3-4-6(2)7-5;1-3-4-2;;;/h4-8H,1-3H3;3-6H,1-2H3;3-4H,1-2H3;3-4H,1-2H3;3*1H4. The van der Waals surface area contributed by atoms with Gasteiger partial charge in [0.05, 0.1) is 0 Å². The van der Waals surface area contributed by atoms with Crippen LogP contribution in [0.15, 0.2) is 78.4 Å². The van der Waals surface area contributed by atoms with E-state index in [2.05, 4.69) is 115 Å². The van der Waals surface area contributed by atoms with E-state index < -0.39 is 0 Å². The summed E-state index contributed by atoms with van der Waals surface area (Å²) in [4.78, 5) is 2.80. The average molecular weight is 469 g/mol. The van der Waals surface area contributed by atoms with Crippen molar-refractivity contribution in [2.75, 3.05) is 0 Å². The highest BCUT2D eigenvalue weighted by molar-refractivity contribution is 7.11. The van der Waals surface area contributed by atoms with E-state index in [9.17, 15) is 0 Å². The molecule has 0 saturated carbocycles. The Hall–Kier alpha value is -2.38. The Labute approximate surface area is 212 Å². The molecule has 2 aromatic carbocycles. The van der Waals surface area contributed by atoms with Crippen molar-refractivity contribution in [1.29, 1.82) is 0 Å². The monoisotopic (exact) mass is 468 g/mol. The molecule has 3 rings (SSSR count). The maximum absolute atomic E-state index is 2.18. The largest absolute Gasteiger partial charge is 0.146 e. The number of benzene rings is 2. The van der Waals surface area contributed by atoms with Crippen LogP contribution in [-0.2, 0) is 0 Å². The molecule has 1 heterocycles. The van der Waals surface area contributed by atoms with E-state index in [0.717, 1.165) is 0 Å². The molecule has 0 saturated heterocycles. The maximum atomic E-state index is 2.18. The molecule has 0 aliphatic rings. The van der Waals surface area contributed by atoms with Crippen molar-refractivity contribution in [3.05, 3.63) is 110 Å². The van der Waals surface area contributed by atoms with Gasteiger partial charge >= 0.3 is 0 Å². The predicted octanol–water partition coefficient (Wildman–Crippen LogP) is 11.6. The van der Waals surface area contributed by atoms with Crippen LogP contribution in [0.3, 0.4) is 0 Å². The third-order valence-electron chi connectivity index (χ3n) is 3.96. The molecular formula is C32H52S. The highest BCUT2D eigenvalue weighted by atomic mass is 32.1. The molecule has 33 heavy (non-hydrogen) atoms. The van der Waals surface area contributed by atoms with Gasteiger partial charge in [0, 0.05) is 9.75 Å². The fourth-order valence-corrected chi connectivity index (χ4v) is 2.97. The van der Waals surface area contributed by atoms with Gasteiger partial charge in [-0.05, 0) is 80.0 Å². The predicted molar refractivity (Wildman–Crippen MR) is 161 cm³/mol. The zero-order valence-corrected chi connectivity index (χ0v) is 21.2. The molecule has 0 radical (unpaired) electrons. The third kappa shape index (κ3) is 22.6. The Morgan fingerprint density at radius 2 is 0.848 bits per heavy atom. The number of hydrogen-bond donors (Lipinski definition) is 0. The molecule has 186 valence electrons. The van der Waals surface area contributed by atoms with Gasteiger partial charge in [0.1, 0.15) is 0 Å². The molecule has 1 aromatic heterocycles. The first-order valence-electron chi connectivity index (χ1n) is 10.5. The first-order chi connectivity index (χ1) is 14.2. The van der Waals surface area contributed by atoms with Crippen LogP contribution in [-0.4, -0.2) is 0 Å². The van der Waals surface area contributed by atoms with Gasteiger partial charge < -0.3 is 0 Å². The Morgan fingerprint density at radius 1 is 0.545 bits per heavy atom. The average Bonchev–Trinajstić information content (AvgIpc) is 3.09. The van der Waals surface area contributed by atoms with Gasteiger partial charge in [0.25, 0.3) is 0 Å². The van der Waals surface area contributed by atoms with Crippen molar-refractivity contribution in [3.8, 4) is 0 Å². The van der Waals surface area contributed by atoms with E-state index in [-0.39, 0.29) is 22.3 Å². The second-order valence-corrected chi connectivity index (χ2v) is 9.10. The van der Waals surface area contributed by atoms with E-state index in [1.807, 2.05) is 37.3 Å². The van der Waals surface area contributed by atoms with Gasteiger partial charge in [0.2, 0.25) is 0 Å². The Balaban J connectivity index is -0.000000173. The molecule has 0 amide bonds. The minimum Gasteiger partial charge on any atom is -0.146 e. The van der Waals surface area contributed by atoms with Crippen LogP contribution in [0, 0.1) is 34.6 Å². The summed E-state index contributed by atoms with van der Waals surface area (Å²) >= 11 is 1.84. The van der Waals surface area contributed by atoms with Crippen molar-refractivity contribution >= 4 is 17.4 Å². The van der Waals surface area contributed by atoms with E-state index in [0.29, 0.717) is 0 Å². The Morgan fingerprint density at radius 3 is 1.06 bits per heavy atom. The minimum absolute atomic E-state index is 0. The summed E-state index contributed by atoms with van der Waals surface area (Å²) in [5.74, 6) is 0. The summed E-state index contributed by atoms with van der Waals surface area (Å²) in [6, 6.07) is 21.3. The summed E-state index contributed by atoms with van der Waals surface area (Å²) < 4.78 is 0. The fourth-order valence-electron chi connectivity index (χ4n) is 2.19. The zero-order chi connectivity index (χ0) is 22.9. The second kappa shape index (κ2) is 22.8. The summed E-state index contributed by atoms with van der Waals surface area (Å²) in [6.45, 7) is 18.8. The van der Waals surface area contributed by atoms with Crippen molar-refractivity contribution in [2.24, 2.45) is 0 Å². The molecule has 0 fully saturated rings. The van der Waals surface area contributed by atoms with E-state index in [4.69, 9.17) is 0 Å². The highest BCUT2D eigenvalue weighted by Gasteiger charge is 1.86. The molecular weight excluding hydrogens is 416 g/mol. The van der Waals surface area contributed by atoms with Crippen LogP contribution < -0.4 is 0 Å². The van der Waals surface area contributed by atoms with Gasteiger partial charge in [-0.15, -0.1) is 11.3 Å². The summed E-state index contributed by atoms with van der Waals surface area (Å²) in [5, 5.41) is 0. The molecule has 0 aliphatic heterocycles. The van der Waals surface area contributed by atoms with Crippen LogP contribution in [0.25, 0.3) is 6.08 Å². The lowest BCUT2D eigenvalue weighted by Gasteiger charge is -1.95. The molecule has 0 bridgehead atoms. The van der Waals surface area contributed by atoms with Crippen molar-refractivity contribution in [2.45, 2.75) is 84.6 Å². The minimum atomic E-state index is 0. The van der Waals surface area contributed by atoms with Crippen LogP contribution in [0.4, 0.5) is 0 Å². The lowest BCUT2D eigenvalue weighted by molar-refractivity contribution is 1.40. The van der Waals surface area contributed by atoms with Crippen LogP contribution in [0.5, 0.6) is 0 Å². The van der Waals surface area contributed by atoms with Gasteiger partial charge in [-0.1, -0.05) is 111 Å². The topological polar surface area (TPSA) is 0 Å². The molecule has 0 nitrogen and oxygen atoms in total. The smallest absolute Gasteiger partial charge is 0.00170 e. The Bertz CT molecular complexity index is 814. The first-order valence-corrected chi connectivity index (χ1v) is 11.3. The summed E-state index contributed by atoms with van der Waals surface area (Å²) in [6.07, 6.45) is 6.18. The molecule has 0 aliphatic carbocycles. The lowest BCUT2D eigenvalue weighted by Crippen LogP contribution is -1.74. The zero-order valence-electron chi connectivity index (χ0n) is 20.4. The molecule has 0 N–H and O–H groups in total. The van der Waals surface area contributed by atoms with E-state index >= 15 is 0 Å². The first kappa shape index (κ1) is 37.9. The van der Waals surface area contributed by atoms with Crippen LogP contribution in [0.2, 0.25) is 0 Å². The van der Waals surface area contributed by atoms with Gasteiger partial charge in [-0.2, -0.15) is 0 Å².